The lowest BCUT2D eigenvalue weighted by molar-refractivity contribution is -0.282. The zero-order valence-electron chi connectivity index (χ0n) is 25.0. The number of hydrogen-bond donors (Lipinski definition) is 0. The van der Waals surface area contributed by atoms with Crippen LogP contribution < -0.4 is 9.47 Å². The molecule has 0 N–H and O–H groups in total. The highest BCUT2D eigenvalue weighted by atomic mass is 19.4. The molecule has 0 spiro atoms. The predicted molar refractivity (Wildman–Crippen MR) is 149 cm³/mol. The molecule has 8 heteroatoms. The van der Waals surface area contributed by atoms with Crippen LogP contribution in [0.1, 0.15) is 70.1 Å². The first-order chi connectivity index (χ1) is 19.2. The van der Waals surface area contributed by atoms with E-state index in [1.165, 1.54) is 35.4 Å². The summed E-state index contributed by atoms with van der Waals surface area (Å²) in [5, 5.41) is 0. The summed E-state index contributed by atoms with van der Waals surface area (Å²) < 4.78 is 66.0. The molecule has 2 fully saturated rings. The second-order valence-electron chi connectivity index (χ2n) is 13.1. The smallest absolute Gasteiger partial charge is 0.432 e. The van der Waals surface area contributed by atoms with E-state index in [2.05, 4.69) is 19.9 Å². The zero-order chi connectivity index (χ0) is 30.0. The second kappa shape index (κ2) is 9.92. The second-order valence-corrected chi connectivity index (χ2v) is 13.1. The van der Waals surface area contributed by atoms with Crippen molar-refractivity contribution in [3.05, 3.63) is 59.2 Å². The lowest BCUT2D eigenvalue weighted by Gasteiger charge is -2.62. The Morgan fingerprint density at radius 1 is 0.902 bits per heavy atom. The van der Waals surface area contributed by atoms with Gasteiger partial charge >= 0.3 is 12.1 Å². The number of rotatable bonds is 6. The van der Waals surface area contributed by atoms with Crippen LogP contribution in [-0.2, 0) is 31.7 Å². The summed E-state index contributed by atoms with van der Waals surface area (Å²) in [7, 11) is 4.26. The maximum atomic E-state index is 14.6. The van der Waals surface area contributed by atoms with Gasteiger partial charge in [-0.3, -0.25) is 0 Å². The van der Waals surface area contributed by atoms with Crippen LogP contribution in [0.2, 0.25) is 0 Å². The lowest BCUT2D eigenvalue weighted by atomic mass is 9.43. The van der Waals surface area contributed by atoms with Crippen molar-refractivity contribution in [1.82, 2.24) is 0 Å². The molecule has 41 heavy (non-hydrogen) atoms. The molecule has 2 aromatic rings. The van der Waals surface area contributed by atoms with Gasteiger partial charge in [0.15, 0.2) is 0 Å². The quantitative estimate of drug-likeness (QED) is 0.337. The molecule has 224 valence electrons. The highest BCUT2D eigenvalue weighted by Crippen LogP contribution is 2.69. The minimum Gasteiger partial charge on any atom is -0.497 e. The van der Waals surface area contributed by atoms with Gasteiger partial charge in [0.2, 0.25) is 0 Å². The van der Waals surface area contributed by atoms with Gasteiger partial charge in [-0.2, -0.15) is 13.2 Å². The zero-order valence-corrected chi connectivity index (χ0v) is 25.0. The maximum Gasteiger partial charge on any atom is 0.432 e. The summed E-state index contributed by atoms with van der Waals surface area (Å²) >= 11 is 0. The molecule has 0 radical (unpaired) electrons. The summed E-state index contributed by atoms with van der Waals surface area (Å²) in [6.07, 6.45) is -1.82. The number of benzene rings is 2. The van der Waals surface area contributed by atoms with Crippen molar-refractivity contribution in [2.24, 2.45) is 22.7 Å². The van der Waals surface area contributed by atoms with Crippen LogP contribution in [0.4, 0.5) is 13.2 Å². The Morgan fingerprint density at radius 2 is 1.59 bits per heavy atom. The fourth-order valence-corrected chi connectivity index (χ4v) is 9.05. The van der Waals surface area contributed by atoms with Crippen molar-refractivity contribution in [3.8, 4) is 11.5 Å². The Morgan fingerprint density at radius 3 is 2.17 bits per heavy atom. The van der Waals surface area contributed by atoms with E-state index in [1.807, 2.05) is 19.9 Å². The van der Waals surface area contributed by atoms with E-state index in [1.54, 1.807) is 20.3 Å². The largest absolute Gasteiger partial charge is 0.497 e. The van der Waals surface area contributed by atoms with Crippen LogP contribution in [0.3, 0.4) is 0 Å². The molecule has 5 rings (SSSR count). The molecule has 0 amide bonds. The molecule has 6 unspecified atom stereocenters. The molecule has 2 aromatic carbocycles. The van der Waals surface area contributed by atoms with Crippen LogP contribution in [0.5, 0.6) is 11.5 Å². The van der Waals surface area contributed by atoms with Crippen molar-refractivity contribution in [2.45, 2.75) is 83.1 Å². The van der Waals surface area contributed by atoms with Crippen LogP contribution in [0, 0.1) is 22.7 Å². The fraction of sp³-hybridized carbons (Fsp3) is 0.606. The molecule has 3 aliphatic carbocycles. The molecule has 0 aromatic heterocycles. The van der Waals surface area contributed by atoms with Crippen LogP contribution in [0.15, 0.2) is 42.5 Å². The lowest BCUT2D eigenvalue weighted by Crippen LogP contribution is -2.60. The number of halogens is 3. The number of esters is 1. The Bertz CT molecular complexity index is 1310. The first-order valence-corrected chi connectivity index (χ1v) is 14.3. The van der Waals surface area contributed by atoms with Gasteiger partial charge in [0.25, 0.3) is 5.60 Å². The number of carbonyl (C=O) groups is 1. The van der Waals surface area contributed by atoms with Gasteiger partial charge < -0.3 is 18.9 Å². The van der Waals surface area contributed by atoms with Crippen molar-refractivity contribution >= 4 is 5.97 Å². The van der Waals surface area contributed by atoms with Gasteiger partial charge in [-0.25, -0.2) is 4.79 Å². The van der Waals surface area contributed by atoms with Gasteiger partial charge in [-0.05, 0) is 61.0 Å². The third-order valence-corrected chi connectivity index (χ3v) is 11.0. The normalized spacial score (nSPS) is 31.7. The maximum absolute atomic E-state index is 14.6. The number of methoxy groups -OCH3 is 3. The van der Waals surface area contributed by atoms with Gasteiger partial charge in [-0.15, -0.1) is 0 Å². The molecule has 5 nitrogen and oxygen atoms in total. The molecule has 0 heterocycles. The van der Waals surface area contributed by atoms with Crippen molar-refractivity contribution in [1.29, 1.82) is 0 Å². The number of carbonyl (C=O) groups excluding carboxylic acids is 1. The van der Waals surface area contributed by atoms with Crippen molar-refractivity contribution in [2.75, 3.05) is 21.3 Å². The van der Waals surface area contributed by atoms with Crippen molar-refractivity contribution in [3.63, 3.8) is 0 Å². The van der Waals surface area contributed by atoms with Crippen LogP contribution in [-0.4, -0.2) is 39.6 Å². The van der Waals surface area contributed by atoms with E-state index in [0.29, 0.717) is 12.3 Å². The summed E-state index contributed by atoms with van der Waals surface area (Å²) in [5.74, 6) is 0.646. The molecular weight excluding hydrogens is 533 g/mol. The Hall–Kier alpha value is -2.74. The predicted octanol–water partition coefficient (Wildman–Crippen LogP) is 7.39. The first-order valence-electron chi connectivity index (χ1n) is 14.3. The third-order valence-electron chi connectivity index (χ3n) is 11.0. The average Bonchev–Trinajstić information content (AvgIpc) is 3.24. The van der Waals surface area contributed by atoms with E-state index in [0.717, 1.165) is 44.3 Å². The highest BCUT2D eigenvalue weighted by Gasteiger charge is 2.67. The van der Waals surface area contributed by atoms with Crippen LogP contribution >= 0.6 is 0 Å². The minimum atomic E-state index is -5.00. The standard InChI is InChI=1S/C33H41F3O5/c1-29(2)24-13-15-31(4)25(18-20-17-22(38-5)19-23(39-6)27(20)31)30(24,3)16-14-26(29)41-28(37)32(40-7,33(34,35)36)21-11-9-8-10-12-21/h8-12,17,19,24-26H,13-16,18H2,1-7H3. The number of hydrogen-bond acceptors (Lipinski definition) is 5. The van der Waals surface area contributed by atoms with E-state index < -0.39 is 29.3 Å². The van der Waals surface area contributed by atoms with Gasteiger partial charge in [-0.1, -0.05) is 58.0 Å². The van der Waals surface area contributed by atoms with E-state index >= 15 is 0 Å². The SMILES string of the molecule is COc1cc2c(c(OC)c1)C1(C)CCC3C(C)(C)C(OC(=O)C(OC)(c4ccccc4)C(F)(F)F)CCC3(C)C1C2. The van der Waals surface area contributed by atoms with E-state index in [4.69, 9.17) is 18.9 Å². The molecule has 3 aliphatic rings. The number of ether oxygens (including phenoxy) is 4. The molecule has 6 atom stereocenters. The Kier molecular flexibility index (Phi) is 7.20. The fourth-order valence-electron chi connectivity index (χ4n) is 9.05. The van der Waals surface area contributed by atoms with Gasteiger partial charge in [0.05, 0.1) is 14.2 Å². The van der Waals surface area contributed by atoms with Crippen molar-refractivity contribution < 1.29 is 36.9 Å². The topological polar surface area (TPSA) is 54.0 Å². The summed E-state index contributed by atoms with van der Waals surface area (Å²) in [6, 6.07) is 11.1. The van der Waals surface area contributed by atoms with E-state index in [9.17, 15) is 18.0 Å². The Balaban J connectivity index is 1.46. The van der Waals surface area contributed by atoms with Crippen LogP contribution in [0.25, 0.3) is 0 Å². The van der Waals surface area contributed by atoms with E-state index in [-0.39, 0.29) is 22.3 Å². The number of alkyl halides is 3. The monoisotopic (exact) mass is 574 g/mol. The molecule has 0 aliphatic heterocycles. The summed E-state index contributed by atoms with van der Waals surface area (Å²) in [4.78, 5) is 13.6. The molecule has 0 saturated heterocycles. The number of fused-ring (bicyclic) bond motifs is 5. The summed E-state index contributed by atoms with van der Waals surface area (Å²) in [5.41, 5.74) is -1.78. The minimum absolute atomic E-state index is 0.105. The highest BCUT2D eigenvalue weighted by molar-refractivity contribution is 5.83. The van der Waals surface area contributed by atoms with Gasteiger partial charge in [0.1, 0.15) is 17.6 Å². The third kappa shape index (κ3) is 4.18. The summed E-state index contributed by atoms with van der Waals surface area (Å²) in [6.45, 7) is 8.75. The Labute approximate surface area is 240 Å². The molecule has 2 saturated carbocycles. The first kappa shape index (κ1) is 29.7. The molecular formula is C33H41F3O5. The molecule has 0 bridgehead atoms. The average molecular weight is 575 g/mol. The van der Waals surface area contributed by atoms with Gasteiger partial charge in [0, 0.05) is 35.1 Å².